The molecule has 0 heterocycles. The molecule has 0 saturated carbocycles. The van der Waals surface area contributed by atoms with E-state index in [1.807, 2.05) is 12.1 Å². The molecule has 2 N–H and O–H groups in total. The van der Waals surface area contributed by atoms with Crippen LogP contribution < -0.4 is 10.5 Å². The minimum absolute atomic E-state index is 0.736. The van der Waals surface area contributed by atoms with E-state index in [9.17, 15) is 0 Å². The number of benzene rings is 2. The second-order valence-electron chi connectivity index (χ2n) is 5.34. The van der Waals surface area contributed by atoms with E-state index >= 15 is 0 Å². The molecule has 0 aromatic heterocycles. The molecule has 20 heavy (non-hydrogen) atoms. The second kappa shape index (κ2) is 6.58. The standard InChI is InChI=1S/C18H23NO/c1-13-11-15(3)18(12-14(13)2)20-17-8-6-16(7-9-17)5-4-10-19/h6-9,11-12H,4-5,10,19H2,1-3H3. The largest absolute Gasteiger partial charge is 0.457 e. The zero-order chi connectivity index (χ0) is 14.5. The Morgan fingerprint density at radius 3 is 2.20 bits per heavy atom. The summed E-state index contributed by atoms with van der Waals surface area (Å²) in [5.74, 6) is 1.82. The minimum Gasteiger partial charge on any atom is -0.457 e. The molecule has 0 bridgehead atoms. The average molecular weight is 269 g/mol. The predicted molar refractivity (Wildman–Crippen MR) is 84.5 cm³/mol. The number of hydrogen-bond acceptors (Lipinski definition) is 2. The molecule has 2 rings (SSSR count). The first-order valence-corrected chi connectivity index (χ1v) is 7.15. The van der Waals surface area contributed by atoms with Gasteiger partial charge in [0.1, 0.15) is 11.5 Å². The van der Waals surface area contributed by atoms with E-state index in [-0.39, 0.29) is 0 Å². The quantitative estimate of drug-likeness (QED) is 0.878. The van der Waals surface area contributed by atoms with E-state index in [1.165, 1.54) is 22.3 Å². The summed E-state index contributed by atoms with van der Waals surface area (Å²) in [4.78, 5) is 0. The monoisotopic (exact) mass is 269 g/mol. The predicted octanol–water partition coefficient (Wildman–Crippen LogP) is 4.30. The third-order valence-electron chi connectivity index (χ3n) is 3.61. The summed E-state index contributed by atoms with van der Waals surface area (Å²) in [6.45, 7) is 7.05. The van der Waals surface area contributed by atoms with Gasteiger partial charge in [-0.05, 0) is 80.6 Å². The molecule has 2 nitrogen and oxygen atoms in total. The van der Waals surface area contributed by atoms with Crippen molar-refractivity contribution in [2.24, 2.45) is 5.73 Å². The highest BCUT2D eigenvalue weighted by atomic mass is 16.5. The maximum Gasteiger partial charge on any atom is 0.130 e. The van der Waals surface area contributed by atoms with Crippen LogP contribution in [0, 0.1) is 20.8 Å². The SMILES string of the molecule is Cc1cc(C)c(Oc2ccc(CCCN)cc2)cc1C. The molecule has 2 aromatic carbocycles. The van der Waals surface area contributed by atoms with Crippen LogP contribution in [0.1, 0.15) is 28.7 Å². The molecule has 106 valence electrons. The molecule has 0 radical (unpaired) electrons. The summed E-state index contributed by atoms with van der Waals surface area (Å²) in [5.41, 5.74) is 10.6. The Labute approximate surface area is 121 Å². The molecule has 0 spiro atoms. The van der Waals surface area contributed by atoms with Crippen molar-refractivity contribution in [2.75, 3.05) is 6.54 Å². The summed E-state index contributed by atoms with van der Waals surface area (Å²) >= 11 is 0. The van der Waals surface area contributed by atoms with Crippen LogP contribution in [-0.2, 0) is 6.42 Å². The normalized spacial score (nSPS) is 10.6. The Balaban J connectivity index is 2.12. The summed E-state index contributed by atoms with van der Waals surface area (Å²) in [6.07, 6.45) is 2.05. The molecule has 0 aliphatic heterocycles. The highest BCUT2D eigenvalue weighted by molar-refractivity contribution is 5.43. The van der Waals surface area contributed by atoms with Crippen molar-refractivity contribution < 1.29 is 4.74 Å². The van der Waals surface area contributed by atoms with Gasteiger partial charge in [-0.25, -0.2) is 0 Å². The van der Waals surface area contributed by atoms with Gasteiger partial charge in [0.25, 0.3) is 0 Å². The molecule has 0 amide bonds. The first-order chi connectivity index (χ1) is 9.60. The van der Waals surface area contributed by atoms with Crippen molar-refractivity contribution in [3.63, 3.8) is 0 Å². The van der Waals surface area contributed by atoms with Crippen LogP contribution >= 0.6 is 0 Å². The Morgan fingerprint density at radius 2 is 1.55 bits per heavy atom. The first kappa shape index (κ1) is 14.6. The lowest BCUT2D eigenvalue weighted by atomic mass is 10.1. The van der Waals surface area contributed by atoms with Gasteiger partial charge in [0.15, 0.2) is 0 Å². The van der Waals surface area contributed by atoms with Gasteiger partial charge < -0.3 is 10.5 Å². The molecule has 0 atom stereocenters. The molecule has 0 aliphatic rings. The minimum atomic E-state index is 0.736. The third-order valence-corrected chi connectivity index (χ3v) is 3.61. The molecule has 0 aliphatic carbocycles. The fourth-order valence-electron chi connectivity index (χ4n) is 2.20. The lowest BCUT2D eigenvalue weighted by molar-refractivity contribution is 0.478. The van der Waals surface area contributed by atoms with Gasteiger partial charge in [-0.1, -0.05) is 18.2 Å². The van der Waals surface area contributed by atoms with E-state index < -0.39 is 0 Å². The lowest BCUT2D eigenvalue weighted by Gasteiger charge is -2.12. The van der Waals surface area contributed by atoms with Gasteiger partial charge in [-0.3, -0.25) is 0 Å². The molecule has 0 saturated heterocycles. The molecular weight excluding hydrogens is 246 g/mol. The highest BCUT2D eigenvalue weighted by Crippen LogP contribution is 2.28. The number of nitrogens with two attached hydrogens (primary N) is 1. The maximum atomic E-state index is 5.98. The number of hydrogen-bond donors (Lipinski definition) is 1. The Morgan fingerprint density at radius 1 is 0.900 bits per heavy atom. The average Bonchev–Trinajstić information content (AvgIpc) is 2.44. The third kappa shape index (κ3) is 3.61. The van der Waals surface area contributed by atoms with E-state index in [0.717, 1.165) is 30.9 Å². The van der Waals surface area contributed by atoms with Gasteiger partial charge in [0.05, 0.1) is 0 Å². The summed E-state index contributed by atoms with van der Waals surface area (Å²) in [7, 11) is 0. The van der Waals surface area contributed by atoms with Crippen LogP contribution in [-0.4, -0.2) is 6.54 Å². The van der Waals surface area contributed by atoms with Crippen LogP contribution in [0.2, 0.25) is 0 Å². The zero-order valence-electron chi connectivity index (χ0n) is 12.6. The fraction of sp³-hybridized carbons (Fsp3) is 0.333. The fourth-order valence-corrected chi connectivity index (χ4v) is 2.20. The number of ether oxygens (including phenoxy) is 1. The van der Waals surface area contributed by atoms with Gasteiger partial charge >= 0.3 is 0 Å². The lowest BCUT2D eigenvalue weighted by Crippen LogP contribution is -2.00. The van der Waals surface area contributed by atoms with Gasteiger partial charge in [0.2, 0.25) is 0 Å². The highest BCUT2D eigenvalue weighted by Gasteiger charge is 2.04. The van der Waals surface area contributed by atoms with Crippen molar-refractivity contribution in [3.05, 3.63) is 58.7 Å². The van der Waals surface area contributed by atoms with E-state index in [4.69, 9.17) is 10.5 Å². The number of rotatable bonds is 5. The first-order valence-electron chi connectivity index (χ1n) is 7.15. The van der Waals surface area contributed by atoms with Crippen LogP contribution in [0.15, 0.2) is 36.4 Å². The van der Waals surface area contributed by atoms with Crippen LogP contribution in [0.25, 0.3) is 0 Å². The molecular formula is C18H23NO. The van der Waals surface area contributed by atoms with Crippen molar-refractivity contribution in [2.45, 2.75) is 33.6 Å². The molecule has 2 heteroatoms. The smallest absolute Gasteiger partial charge is 0.130 e. The Kier molecular flexibility index (Phi) is 4.80. The van der Waals surface area contributed by atoms with Gasteiger partial charge in [0, 0.05) is 0 Å². The van der Waals surface area contributed by atoms with Crippen molar-refractivity contribution in [1.29, 1.82) is 0 Å². The van der Waals surface area contributed by atoms with Crippen molar-refractivity contribution >= 4 is 0 Å². The van der Waals surface area contributed by atoms with Crippen LogP contribution in [0.5, 0.6) is 11.5 Å². The van der Waals surface area contributed by atoms with Crippen molar-refractivity contribution in [1.82, 2.24) is 0 Å². The molecule has 0 unspecified atom stereocenters. The zero-order valence-corrected chi connectivity index (χ0v) is 12.6. The Bertz CT molecular complexity index is 573. The van der Waals surface area contributed by atoms with E-state index in [2.05, 4.69) is 45.0 Å². The second-order valence-corrected chi connectivity index (χ2v) is 5.34. The summed E-state index contributed by atoms with van der Waals surface area (Å²) in [5, 5.41) is 0. The summed E-state index contributed by atoms with van der Waals surface area (Å²) in [6, 6.07) is 12.6. The van der Waals surface area contributed by atoms with E-state index in [1.54, 1.807) is 0 Å². The van der Waals surface area contributed by atoms with Gasteiger partial charge in [-0.2, -0.15) is 0 Å². The van der Waals surface area contributed by atoms with Crippen molar-refractivity contribution in [3.8, 4) is 11.5 Å². The van der Waals surface area contributed by atoms with Crippen LogP contribution in [0.3, 0.4) is 0 Å². The van der Waals surface area contributed by atoms with Crippen LogP contribution in [0.4, 0.5) is 0 Å². The Hall–Kier alpha value is -1.80. The maximum absolute atomic E-state index is 5.98. The topological polar surface area (TPSA) is 35.2 Å². The molecule has 0 fully saturated rings. The number of aryl methyl sites for hydroxylation is 4. The van der Waals surface area contributed by atoms with Gasteiger partial charge in [-0.15, -0.1) is 0 Å². The summed E-state index contributed by atoms with van der Waals surface area (Å²) < 4.78 is 5.98. The molecule has 2 aromatic rings. The van der Waals surface area contributed by atoms with E-state index in [0.29, 0.717) is 0 Å².